The van der Waals surface area contributed by atoms with Gasteiger partial charge in [-0.15, -0.1) is 23.7 Å². The van der Waals surface area contributed by atoms with E-state index in [4.69, 9.17) is 17.3 Å². The van der Waals surface area contributed by atoms with Crippen LogP contribution >= 0.6 is 35.3 Å². The van der Waals surface area contributed by atoms with E-state index in [2.05, 4.69) is 24.1 Å². The van der Waals surface area contributed by atoms with Crippen molar-refractivity contribution in [1.29, 1.82) is 0 Å². The van der Waals surface area contributed by atoms with Crippen LogP contribution in [0, 0.1) is 5.92 Å². The molecule has 7 heteroatoms. The molecule has 3 N–H and O–H groups in total. The Morgan fingerprint density at radius 2 is 2.00 bits per heavy atom. The van der Waals surface area contributed by atoms with Gasteiger partial charge in [0.05, 0.1) is 11.0 Å². The van der Waals surface area contributed by atoms with Gasteiger partial charge in [-0.25, -0.2) is 4.98 Å². The summed E-state index contributed by atoms with van der Waals surface area (Å²) in [6.07, 6.45) is 0.697. The first-order valence-electron chi connectivity index (χ1n) is 7.22. The number of benzene rings is 1. The number of halogens is 2. The maximum absolute atomic E-state index is 12.4. The van der Waals surface area contributed by atoms with Gasteiger partial charge in [0.15, 0.2) is 0 Å². The molecule has 0 fully saturated rings. The average molecular weight is 374 g/mol. The van der Waals surface area contributed by atoms with Gasteiger partial charge in [-0.3, -0.25) is 4.79 Å². The molecular weight excluding hydrogens is 353 g/mol. The fraction of sp³-hybridized carbons (Fsp3) is 0.375. The molecule has 2 rings (SSSR count). The topological polar surface area (TPSA) is 68.0 Å². The Hall–Kier alpha value is -1.14. The number of aromatic nitrogens is 1. The second-order valence-electron chi connectivity index (χ2n) is 5.41. The summed E-state index contributed by atoms with van der Waals surface area (Å²) < 4.78 is 0. The minimum Gasteiger partial charge on any atom is -0.344 e. The number of hydrogen-bond acceptors (Lipinski definition) is 4. The predicted octanol–water partition coefficient (Wildman–Crippen LogP) is 3.85. The zero-order valence-corrected chi connectivity index (χ0v) is 15.5. The Morgan fingerprint density at radius 3 is 2.57 bits per heavy atom. The Balaban J connectivity index is 0.00000264. The first kappa shape index (κ1) is 19.9. The van der Waals surface area contributed by atoms with Gasteiger partial charge >= 0.3 is 0 Å². The highest BCUT2D eigenvalue weighted by Crippen LogP contribution is 2.24. The lowest BCUT2D eigenvalue weighted by Gasteiger charge is -2.22. The van der Waals surface area contributed by atoms with Gasteiger partial charge in [-0.1, -0.05) is 37.6 Å². The number of amides is 1. The number of nitrogens with two attached hydrogens (primary N) is 1. The number of carbonyl (C=O) groups excluding carboxylic acids is 1. The summed E-state index contributed by atoms with van der Waals surface area (Å²) >= 11 is 7.39. The third-order valence-corrected chi connectivity index (χ3v) is 4.49. The zero-order valence-electron chi connectivity index (χ0n) is 13.1. The zero-order chi connectivity index (χ0) is 16.1. The van der Waals surface area contributed by atoms with Crippen LogP contribution in [0.15, 0.2) is 29.6 Å². The molecule has 0 aliphatic heterocycles. The van der Waals surface area contributed by atoms with Gasteiger partial charge in [-0.05, 0) is 30.2 Å². The molecule has 0 spiro atoms. The highest BCUT2D eigenvalue weighted by molar-refractivity contribution is 7.09. The second kappa shape index (κ2) is 9.23. The van der Waals surface area contributed by atoms with Crippen molar-refractivity contribution in [3.05, 3.63) is 50.9 Å². The maximum atomic E-state index is 12.4. The molecule has 2 aromatic rings. The first-order chi connectivity index (χ1) is 10.5. The summed E-state index contributed by atoms with van der Waals surface area (Å²) in [7, 11) is 0. The Bertz CT molecular complexity index is 629. The van der Waals surface area contributed by atoms with Crippen LogP contribution in [-0.2, 0) is 6.42 Å². The van der Waals surface area contributed by atoms with Crippen LogP contribution < -0.4 is 11.1 Å². The van der Waals surface area contributed by atoms with E-state index in [1.165, 1.54) is 11.3 Å². The maximum Gasteiger partial charge on any atom is 0.271 e. The van der Waals surface area contributed by atoms with E-state index < -0.39 is 0 Å². The lowest BCUT2D eigenvalue weighted by atomic mass is 9.96. The summed E-state index contributed by atoms with van der Waals surface area (Å²) in [4.78, 5) is 16.7. The van der Waals surface area contributed by atoms with E-state index in [1.54, 1.807) is 5.38 Å². The second-order valence-corrected chi connectivity index (χ2v) is 6.79. The molecule has 0 saturated heterocycles. The van der Waals surface area contributed by atoms with Crippen molar-refractivity contribution in [2.24, 2.45) is 11.7 Å². The van der Waals surface area contributed by atoms with Gasteiger partial charge in [0.1, 0.15) is 5.69 Å². The molecule has 1 heterocycles. The lowest BCUT2D eigenvalue weighted by molar-refractivity contribution is 0.0921. The van der Waals surface area contributed by atoms with Crippen molar-refractivity contribution < 1.29 is 4.79 Å². The van der Waals surface area contributed by atoms with Crippen LogP contribution in [0.4, 0.5) is 0 Å². The molecule has 4 nitrogen and oxygen atoms in total. The average Bonchev–Trinajstić information content (AvgIpc) is 2.94. The molecule has 1 aromatic heterocycles. The van der Waals surface area contributed by atoms with E-state index in [1.807, 2.05) is 24.3 Å². The van der Waals surface area contributed by atoms with E-state index >= 15 is 0 Å². The lowest BCUT2D eigenvalue weighted by Crippen LogP contribution is -2.32. The molecule has 0 aliphatic carbocycles. The van der Waals surface area contributed by atoms with Crippen molar-refractivity contribution in [2.75, 3.05) is 6.54 Å². The monoisotopic (exact) mass is 373 g/mol. The highest BCUT2D eigenvalue weighted by atomic mass is 35.5. The summed E-state index contributed by atoms with van der Waals surface area (Å²) in [6.45, 7) is 4.68. The van der Waals surface area contributed by atoms with Gasteiger partial charge < -0.3 is 11.1 Å². The predicted molar refractivity (Wildman–Crippen MR) is 98.6 cm³/mol. The molecule has 0 bridgehead atoms. The molecule has 0 radical (unpaired) electrons. The van der Waals surface area contributed by atoms with E-state index in [-0.39, 0.29) is 30.3 Å². The Kier molecular flexibility index (Phi) is 7.99. The molecule has 23 heavy (non-hydrogen) atoms. The molecule has 1 unspecified atom stereocenters. The molecule has 0 saturated carbocycles. The number of rotatable bonds is 6. The number of nitrogens with one attached hydrogen (secondary N) is 1. The highest BCUT2D eigenvalue weighted by Gasteiger charge is 2.20. The number of thiazole rings is 1. The van der Waals surface area contributed by atoms with Gasteiger partial charge in [-0.2, -0.15) is 0 Å². The van der Waals surface area contributed by atoms with Gasteiger partial charge in [0, 0.05) is 16.8 Å². The largest absolute Gasteiger partial charge is 0.344 e. The van der Waals surface area contributed by atoms with Crippen LogP contribution in [0.1, 0.15) is 40.9 Å². The van der Waals surface area contributed by atoms with Crippen molar-refractivity contribution in [2.45, 2.75) is 26.3 Å². The molecule has 126 valence electrons. The van der Waals surface area contributed by atoms with Crippen LogP contribution in [0.3, 0.4) is 0 Å². The minimum absolute atomic E-state index is 0. The van der Waals surface area contributed by atoms with Crippen LogP contribution in [0.2, 0.25) is 5.02 Å². The van der Waals surface area contributed by atoms with Crippen molar-refractivity contribution in [3.63, 3.8) is 0 Å². The first-order valence-corrected chi connectivity index (χ1v) is 8.47. The van der Waals surface area contributed by atoms with Crippen LogP contribution in [0.25, 0.3) is 0 Å². The summed E-state index contributed by atoms with van der Waals surface area (Å²) in [5.41, 5.74) is 6.99. The van der Waals surface area contributed by atoms with E-state index in [9.17, 15) is 4.79 Å². The quantitative estimate of drug-likeness (QED) is 0.807. The van der Waals surface area contributed by atoms with Crippen molar-refractivity contribution >= 4 is 41.3 Å². The smallest absolute Gasteiger partial charge is 0.271 e. The molecular formula is C16H21Cl2N3OS. The summed E-state index contributed by atoms with van der Waals surface area (Å²) in [6, 6.07) is 7.47. The number of hydrogen-bond donors (Lipinski definition) is 2. The molecule has 1 aromatic carbocycles. The van der Waals surface area contributed by atoms with E-state index in [0.717, 1.165) is 10.6 Å². The van der Waals surface area contributed by atoms with Gasteiger partial charge in [0.2, 0.25) is 0 Å². The standard InChI is InChI=1S/C16H20ClN3OS.ClH/c1-10(2)15(11-3-5-12(17)6-4-11)20-16(21)13-9-22-14(19-13)7-8-18;/h3-6,9-10,15H,7-8,18H2,1-2H3,(H,20,21);1H. The van der Waals surface area contributed by atoms with Crippen molar-refractivity contribution in [1.82, 2.24) is 10.3 Å². The van der Waals surface area contributed by atoms with Gasteiger partial charge in [0.25, 0.3) is 5.91 Å². The fourth-order valence-electron chi connectivity index (χ4n) is 2.17. The van der Waals surface area contributed by atoms with Crippen LogP contribution in [0.5, 0.6) is 0 Å². The summed E-state index contributed by atoms with van der Waals surface area (Å²) in [5.74, 6) is 0.0976. The molecule has 0 aliphatic rings. The third-order valence-electron chi connectivity index (χ3n) is 3.32. The Labute approximate surface area is 151 Å². The number of carbonyl (C=O) groups is 1. The SMILES string of the molecule is CC(C)C(NC(=O)c1csc(CCN)n1)c1ccc(Cl)cc1.Cl. The van der Waals surface area contributed by atoms with E-state index in [0.29, 0.717) is 23.7 Å². The normalized spacial score (nSPS) is 11.9. The summed E-state index contributed by atoms with van der Waals surface area (Å²) in [5, 5.41) is 6.41. The minimum atomic E-state index is -0.159. The third kappa shape index (κ3) is 5.46. The molecule has 1 atom stereocenters. The molecule has 1 amide bonds. The number of nitrogens with zero attached hydrogens (tertiary/aromatic N) is 1. The Morgan fingerprint density at radius 1 is 1.35 bits per heavy atom. The van der Waals surface area contributed by atoms with Crippen LogP contribution in [-0.4, -0.2) is 17.4 Å². The van der Waals surface area contributed by atoms with Crippen molar-refractivity contribution in [3.8, 4) is 0 Å². The fourth-order valence-corrected chi connectivity index (χ4v) is 3.09.